The summed E-state index contributed by atoms with van der Waals surface area (Å²) in [6, 6.07) is 6.76. The second-order valence-corrected chi connectivity index (χ2v) is 4.82. The lowest BCUT2D eigenvalue weighted by Gasteiger charge is -2.18. The molecule has 0 amide bonds. The first-order valence-corrected chi connectivity index (χ1v) is 6.05. The van der Waals surface area contributed by atoms with Gasteiger partial charge in [-0.15, -0.1) is 0 Å². The van der Waals surface area contributed by atoms with Crippen LogP contribution in [0.25, 0.3) is 0 Å². The standard InChI is InChI=1S/C13H21N3O2/c1-14(2)9-4-10-15(3)11-12-5-7-13(8-6-12)16(17)18/h5-8H,4,9-11H2,1-3H3. The van der Waals surface area contributed by atoms with E-state index in [2.05, 4.69) is 30.9 Å². The molecule has 0 aliphatic carbocycles. The number of benzene rings is 1. The monoisotopic (exact) mass is 251 g/mol. The van der Waals surface area contributed by atoms with Gasteiger partial charge < -0.3 is 9.80 Å². The molecule has 1 aromatic carbocycles. The first kappa shape index (κ1) is 14.6. The summed E-state index contributed by atoms with van der Waals surface area (Å²) in [6.45, 7) is 2.92. The van der Waals surface area contributed by atoms with Gasteiger partial charge in [0.25, 0.3) is 5.69 Å². The normalized spacial score (nSPS) is 11.2. The molecule has 0 unspecified atom stereocenters. The molecule has 1 rings (SSSR count). The van der Waals surface area contributed by atoms with Crippen LogP contribution in [0.5, 0.6) is 0 Å². The zero-order valence-corrected chi connectivity index (χ0v) is 11.3. The van der Waals surface area contributed by atoms with Crippen LogP contribution >= 0.6 is 0 Å². The van der Waals surface area contributed by atoms with E-state index in [0.717, 1.165) is 31.6 Å². The van der Waals surface area contributed by atoms with Crippen molar-refractivity contribution in [3.63, 3.8) is 0 Å². The highest BCUT2D eigenvalue weighted by Gasteiger charge is 2.05. The lowest BCUT2D eigenvalue weighted by molar-refractivity contribution is -0.384. The van der Waals surface area contributed by atoms with Crippen LogP contribution < -0.4 is 0 Å². The van der Waals surface area contributed by atoms with Crippen molar-refractivity contribution in [2.75, 3.05) is 34.2 Å². The van der Waals surface area contributed by atoms with Crippen LogP contribution in [-0.2, 0) is 6.54 Å². The summed E-state index contributed by atoms with van der Waals surface area (Å²) in [5, 5.41) is 10.5. The fourth-order valence-electron chi connectivity index (χ4n) is 1.77. The van der Waals surface area contributed by atoms with Gasteiger partial charge in [-0.1, -0.05) is 12.1 Å². The fourth-order valence-corrected chi connectivity index (χ4v) is 1.77. The summed E-state index contributed by atoms with van der Waals surface area (Å²) in [5.74, 6) is 0. The number of nitro benzene ring substituents is 1. The lowest BCUT2D eigenvalue weighted by Crippen LogP contribution is -2.23. The number of rotatable bonds is 7. The number of non-ortho nitro benzene ring substituents is 1. The van der Waals surface area contributed by atoms with Gasteiger partial charge in [0, 0.05) is 18.7 Å². The van der Waals surface area contributed by atoms with Crippen LogP contribution in [0.15, 0.2) is 24.3 Å². The van der Waals surface area contributed by atoms with E-state index in [1.807, 2.05) is 12.1 Å². The van der Waals surface area contributed by atoms with Crippen molar-refractivity contribution < 1.29 is 4.92 Å². The van der Waals surface area contributed by atoms with Crippen molar-refractivity contribution >= 4 is 5.69 Å². The Morgan fingerprint density at radius 3 is 2.22 bits per heavy atom. The minimum atomic E-state index is -0.370. The Bertz CT molecular complexity index is 376. The molecule has 5 heteroatoms. The smallest absolute Gasteiger partial charge is 0.269 e. The number of hydrogen-bond acceptors (Lipinski definition) is 4. The zero-order chi connectivity index (χ0) is 13.5. The van der Waals surface area contributed by atoms with Gasteiger partial charge in [-0.2, -0.15) is 0 Å². The zero-order valence-electron chi connectivity index (χ0n) is 11.3. The molecule has 1 aromatic rings. The molecule has 18 heavy (non-hydrogen) atoms. The van der Waals surface area contributed by atoms with Gasteiger partial charge in [-0.05, 0) is 46.2 Å². The predicted molar refractivity (Wildman–Crippen MR) is 72.6 cm³/mol. The van der Waals surface area contributed by atoms with Gasteiger partial charge in [0.15, 0.2) is 0 Å². The van der Waals surface area contributed by atoms with E-state index < -0.39 is 0 Å². The molecule has 0 fully saturated rings. The summed E-state index contributed by atoms with van der Waals surface area (Å²) in [5.41, 5.74) is 1.25. The molecule has 100 valence electrons. The Morgan fingerprint density at radius 1 is 1.11 bits per heavy atom. The highest BCUT2D eigenvalue weighted by Crippen LogP contribution is 2.13. The van der Waals surface area contributed by atoms with Crippen LogP contribution in [0.2, 0.25) is 0 Å². The quantitative estimate of drug-likeness (QED) is 0.549. The average Bonchev–Trinajstić information content (AvgIpc) is 2.29. The molecule has 0 heterocycles. The largest absolute Gasteiger partial charge is 0.309 e. The topological polar surface area (TPSA) is 49.6 Å². The van der Waals surface area contributed by atoms with Gasteiger partial charge in [0.2, 0.25) is 0 Å². The third-order valence-electron chi connectivity index (χ3n) is 2.74. The summed E-state index contributed by atoms with van der Waals surface area (Å²) < 4.78 is 0. The molecule has 0 radical (unpaired) electrons. The van der Waals surface area contributed by atoms with E-state index in [9.17, 15) is 10.1 Å². The SMILES string of the molecule is CN(C)CCCN(C)Cc1ccc([N+](=O)[O-])cc1. The molecular weight excluding hydrogens is 230 g/mol. The molecule has 0 aliphatic rings. The molecular formula is C13H21N3O2. The highest BCUT2D eigenvalue weighted by molar-refractivity contribution is 5.32. The van der Waals surface area contributed by atoms with E-state index in [-0.39, 0.29) is 10.6 Å². The van der Waals surface area contributed by atoms with Crippen molar-refractivity contribution in [3.8, 4) is 0 Å². The molecule has 0 saturated heterocycles. The number of nitrogens with zero attached hydrogens (tertiary/aromatic N) is 3. The number of nitro groups is 1. The third kappa shape index (κ3) is 5.25. The van der Waals surface area contributed by atoms with Gasteiger partial charge in [-0.25, -0.2) is 0 Å². The second-order valence-electron chi connectivity index (χ2n) is 4.82. The Balaban J connectivity index is 2.39. The summed E-state index contributed by atoms with van der Waals surface area (Å²) in [6.07, 6.45) is 1.12. The van der Waals surface area contributed by atoms with Crippen LogP contribution in [0.1, 0.15) is 12.0 Å². The first-order valence-electron chi connectivity index (χ1n) is 6.05. The van der Waals surface area contributed by atoms with Crippen molar-refractivity contribution in [2.45, 2.75) is 13.0 Å². The van der Waals surface area contributed by atoms with Crippen molar-refractivity contribution in [3.05, 3.63) is 39.9 Å². The molecule has 0 aromatic heterocycles. The van der Waals surface area contributed by atoms with Gasteiger partial charge in [0.1, 0.15) is 0 Å². The summed E-state index contributed by atoms with van der Waals surface area (Å²) in [4.78, 5) is 14.6. The van der Waals surface area contributed by atoms with Gasteiger partial charge in [-0.3, -0.25) is 10.1 Å². The fraction of sp³-hybridized carbons (Fsp3) is 0.538. The summed E-state index contributed by atoms with van der Waals surface area (Å²) in [7, 11) is 6.20. The maximum Gasteiger partial charge on any atom is 0.269 e. The van der Waals surface area contributed by atoms with E-state index >= 15 is 0 Å². The van der Waals surface area contributed by atoms with Crippen molar-refractivity contribution in [2.24, 2.45) is 0 Å². The Morgan fingerprint density at radius 2 is 1.72 bits per heavy atom. The molecule has 0 spiro atoms. The molecule has 5 nitrogen and oxygen atoms in total. The van der Waals surface area contributed by atoms with Gasteiger partial charge in [0.05, 0.1) is 4.92 Å². The van der Waals surface area contributed by atoms with Crippen LogP contribution in [-0.4, -0.2) is 49.0 Å². The Kier molecular flexibility index (Phi) is 5.74. The maximum atomic E-state index is 10.5. The number of hydrogen-bond donors (Lipinski definition) is 0. The third-order valence-corrected chi connectivity index (χ3v) is 2.74. The van der Waals surface area contributed by atoms with E-state index in [0.29, 0.717) is 0 Å². The van der Waals surface area contributed by atoms with E-state index in [1.165, 1.54) is 0 Å². The maximum absolute atomic E-state index is 10.5. The van der Waals surface area contributed by atoms with Gasteiger partial charge >= 0.3 is 0 Å². The van der Waals surface area contributed by atoms with Crippen molar-refractivity contribution in [1.29, 1.82) is 0 Å². The average molecular weight is 251 g/mol. The summed E-state index contributed by atoms with van der Waals surface area (Å²) >= 11 is 0. The molecule has 0 atom stereocenters. The minimum absolute atomic E-state index is 0.147. The molecule has 0 bridgehead atoms. The van der Waals surface area contributed by atoms with Crippen LogP contribution in [0, 0.1) is 10.1 Å². The predicted octanol–water partition coefficient (Wildman–Crippen LogP) is 1.98. The van der Waals surface area contributed by atoms with E-state index in [1.54, 1.807) is 12.1 Å². The Hall–Kier alpha value is -1.46. The molecule has 0 aliphatic heterocycles. The Labute approximate surface area is 108 Å². The highest BCUT2D eigenvalue weighted by atomic mass is 16.6. The minimum Gasteiger partial charge on any atom is -0.309 e. The van der Waals surface area contributed by atoms with E-state index in [4.69, 9.17) is 0 Å². The molecule has 0 N–H and O–H groups in total. The lowest BCUT2D eigenvalue weighted by atomic mass is 10.2. The van der Waals surface area contributed by atoms with Crippen LogP contribution in [0.4, 0.5) is 5.69 Å². The first-order chi connectivity index (χ1) is 8.49. The van der Waals surface area contributed by atoms with Crippen molar-refractivity contribution in [1.82, 2.24) is 9.80 Å². The molecule has 0 saturated carbocycles. The second kappa shape index (κ2) is 7.08. The van der Waals surface area contributed by atoms with Crippen LogP contribution in [0.3, 0.4) is 0 Å².